The van der Waals surface area contributed by atoms with Gasteiger partial charge in [-0.05, 0) is 0 Å². The van der Waals surface area contributed by atoms with Crippen LogP contribution in [0.1, 0.15) is 6.42 Å². The van der Waals surface area contributed by atoms with Gasteiger partial charge in [0.15, 0.2) is 18.9 Å². The van der Waals surface area contributed by atoms with Gasteiger partial charge in [0.05, 0.1) is 32.0 Å². The van der Waals surface area contributed by atoms with E-state index in [1.165, 1.54) is 0 Å². The lowest BCUT2D eigenvalue weighted by Gasteiger charge is -2.41. The number of rotatable bonds is 7. The van der Waals surface area contributed by atoms with Crippen LogP contribution in [0.2, 0.25) is 0 Å². The van der Waals surface area contributed by atoms with Crippen LogP contribution in [-0.2, 0) is 37.8 Å². The van der Waals surface area contributed by atoms with Gasteiger partial charge in [0, 0.05) is 6.42 Å². The van der Waals surface area contributed by atoms with Crippen molar-refractivity contribution in [3.05, 3.63) is 0 Å². The number of hydrogen-bond donors (Lipinski definition) is 23. The lowest BCUT2D eigenvalue weighted by molar-refractivity contribution is -0.328. The first-order chi connectivity index (χ1) is 26.5. The van der Waals surface area contributed by atoms with Gasteiger partial charge in [-0.1, -0.05) is 0 Å². The highest BCUT2D eigenvalue weighted by molar-refractivity contribution is 7.45. The van der Waals surface area contributed by atoms with Gasteiger partial charge < -0.3 is 141 Å². The van der Waals surface area contributed by atoms with Crippen molar-refractivity contribution in [1.29, 1.82) is 0 Å². The summed E-state index contributed by atoms with van der Waals surface area (Å²) < 4.78 is 31.4. The van der Waals surface area contributed by atoms with Gasteiger partial charge in [-0.3, -0.25) is 4.79 Å². The molecule has 4 aliphatic rings. The van der Waals surface area contributed by atoms with Crippen molar-refractivity contribution in [2.24, 2.45) is 5.73 Å². The third-order valence-electron chi connectivity index (χ3n) is 8.00. The van der Waals surface area contributed by atoms with Gasteiger partial charge in [0.25, 0.3) is 12.3 Å². The van der Waals surface area contributed by atoms with E-state index in [2.05, 4.69) is 18.9 Å². The molecule has 4 aliphatic heterocycles. The van der Waals surface area contributed by atoms with Gasteiger partial charge in [-0.25, -0.2) is 9.36 Å². The third kappa shape index (κ3) is 16.9. The van der Waals surface area contributed by atoms with E-state index in [9.17, 15) is 40.2 Å². The predicted molar refractivity (Wildman–Crippen MR) is 171 cm³/mol. The number of aliphatic hydroxyl groups excluding tert-OH is 17. The van der Waals surface area contributed by atoms with E-state index in [4.69, 9.17) is 96.1 Å². The van der Waals surface area contributed by atoms with Crippen LogP contribution in [-0.4, -0.2) is 266 Å². The zero-order valence-electron chi connectivity index (χ0n) is 29.5. The normalized spacial score (nSPS) is 43.1. The quantitative estimate of drug-likeness (QED) is 0.0833. The number of hydrogen-bond acceptors (Lipinski definition) is 27. The summed E-state index contributed by atoms with van der Waals surface area (Å²) in [6.45, 7) is -1.79. The fourth-order valence-electron chi connectivity index (χ4n) is 4.71. The van der Waals surface area contributed by atoms with Crippen molar-refractivity contribution in [1.82, 2.24) is 0 Å². The molecule has 0 radical (unpaired) electrons. The number of carboxylic acid groups (broad SMARTS) is 1. The Morgan fingerprint density at radius 1 is 0.707 bits per heavy atom. The minimum absolute atomic E-state index is 0.00499. The van der Waals surface area contributed by atoms with Crippen LogP contribution < -0.4 is 5.73 Å². The number of nitrogens with two attached hydrogens (primary N) is 1. The standard InChI is InChI=1S/C8H14O8.C6H13NO5.C6H10O7.C6H12O6.H3O4P/c9-2-4(11)6-5(12)3(10)1-8(15,16-6)7(13)14;7-3-5(10)4(9)2(1-8)12-6(3)11;7-1-12-6-4(10)2(8)3(9)5(11)13-6;7-1-2-3(8)4(9)5(10)6(11)12-2;1-5(2,3)4/h3-6,9-12,15H,1-2H2,(H,13,14);2-6,8-11H,1,7H2;1-6,8-11H;2-11H,1H2;(H3,1,2,3,4). The highest BCUT2D eigenvalue weighted by Crippen LogP contribution is 2.29. The second-order valence-corrected chi connectivity index (χ2v) is 13.3. The summed E-state index contributed by atoms with van der Waals surface area (Å²) in [5.74, 6) is -4.42. The largest absolute Gasteiger partial charge is 0.477 e. The van der Waals surface area contributed by atoms with E-state index in [1.54, 1.807) is 0 Å². The molecule has 4 rings (SSSR count). The third-order valence-corrected chi connectivity index (χ3v) is 8.00. The van der Waals surface area contributed by atoms with Crippen LogP contribution in [0.4, 0.5) is 0 Å². The van der Waals surface area contributed by atoms with Crippen LogP contribution in [0.25, 0.3) is 0 Å². The highest BCUT2D eigenvalue weighted by atomic mass is 31.2. The first kappa shape index (κ1) is 56.1. The Balaban J connectivity index is 0.000000722. The number of ether oxygens (including phenoxy) is 5. The lowest BCUT2D eigenvalue weighted by Crippen LogP contribution is -2.61. The van der Waals surface area contributed by atoms with Gasteiger partial charge in [-0.2, -0.15) is 0 Å². The van der Waals surface area contributed by atoms with Crippen molar-refractivity contribution in [2.75, 3.05) is 19.8 Å². The minimum Gasteiger partial charge on any atom is -0.477 e. The van der Waals surface area contributed by atoms with Gasteiger partial charge in [0.2, 0.25) is 6.29 Å². The van der Waals surface area contributed by atoms with E-state index in [0.717, 1.165) is 0 Å². The molecule has 4 saturated heterocycles. The Bertz CT molecular complexity index is 1180. The Hall–Kier alpha value is -1.87. The topological polar surface area (TPSA) is 568 Å². The molecular formula is C26H52NO30P. The Labute approximate surface area is 324 Å². The van der Waals surface area contributed by atoms with Crippen LogP contribution in [0.15, 0.2) is 0 Å². The second kappa shape index (κ2) is 25.2. The summed E-state index contributed by atoms with van der Waals surface area (Å²) in [6, 6.07) is -1.04. The number of carboxylic acids is 1. The molecule has 0 aromatic heterocycles. The minimum atomic E-state index is -4.64. The average molecular weight is 890 g/mol. The molecule has 58 heavy (non-hydrogen) atoms. The molecule has 346 valence electrons. The number of carbonyl (C=O) groups is 2. The van der Waals surface area contributed by atoms with Gasteiger partial charge >= 0.3 is 13.8 Å². The molecule has 32 heteroatoms. The van der Waals surface area contributed by atoms with Crippen LogP contribution >= 0.6 is 7.82 Å². The van der Waals surface area contributed by atoms with Crippen LogP contribution in [0.3, 0.4) is 0 Å². The molecule has 0 aromatic carbocycles. The molecule has 4 heterocycles. The second-order valence-electron chi connectivity index (χ2n) is 12.3. The molecule has 20 unspecified atom stereocenters. The van der Waals surface area contributed by atoms with E-state index in [1.807, 2.05) is 0 Å². The van der Waals surface area contributed by atoms with Crippen LogP contribution in [0.5, 0.6) is 0 Å². The smallest absolute Gasteiger partial charge is 0.466 e. The number of aliphatic carboxylic acids is 1. The van der Waals surface area contributed by atoms with E-state index >= 15 is 0 Å². The average Bonchev–Trinajstić information content (AvgIpc) is 3.15. The maximum Gasteiger partial charge on any atom is 0.466 e. The molecule has 20 atom stereocenters. The molecule has 0 saturated carbocycles. The molecule has 24 N–H and O–H groups in total. The zero-order valence-corrected chi connectivity index (χ0v) is 30.4. The van der Waals surface area contributed by atoms with Crippen molar-refractivity contribution < 1.29 is 150 Å². The Kier molecular flexibility index (Phi) is 24.3. The maximum atomic E-state index is 10.7. The van der Waals surface area contributed by atoms with Gasteiger partial charge in [-0.15, -0.1) is 0 Å². The lowest BCUT2D eigenvalue weighted by atomic mass is 9.93. The molecule has 0 bridgehead atoms. The maximum absolute atomic E-state index is 10.7. The predicted octanol–water partition coefficient (Wildman–Crippen LogP) is -13.9. The van der Waals surface area contributed by atoms with Crippen molar-refractivity contribution in [3.8, 4) is 0 Å². The summed E-state index contributed by atoms with van der Waals surface area (Å²) >= 11 is 0. The summed E-state index contributed by atoms with van der Waals surface area (Å²) in [5, 5.41) is 172. The molecule has 0 spiro atoms. The fraction of sp³-hybridized carbons (Fsp3) is 0.923. The van der Waals surface area contributed by atoms with E-state index < -0.39 is 162 Å². The van der Waals surface area contributed by atoms with Gasteiger partial charge in [0.1, 0.15) is 79.4 Å². The SMILES string of the molecule is NC1C(O)OC(CO)C(O)C1O.O=C(O)C1(O)CC(O)C(O)C(C(O)CO)O1.O=COC1OC(O)C(O)C(O)C1O.O=P(O)(O)O.OCC1OC(O)C(O)C(O)C1O. The molecule has 0 aromatic rings. The van der Waals surface area contributed by atoms with Crippen LogP contribution in [0, 0.1) is 0 Å². The van der Waals surface area contributed by atoms with E-state index in [-0.39, 0.29) is 6.47 Å². The number of phosphoric acid groups is 1. The van der Waals surface area contributed by atoms with Crippen molar-refractivity contribution in [3.63, 3.8) is 0 Å². The highest BCUT2D eigenvalue weighted by Gasteiger charge is 2.52. The summed E-state index contributed by atoms with van der Waals surface area (Å²) in [6.07, 6.45) is -26.9. The fourth-order valence-corrected chi connectivity index (χ4v) is 4.71. The zero-order chi connectivity index (χ0) is 45.6. The first-order valence-corrected chi connectivity index (χ1v) is 17.7. The monoisotopic (exact) mass is 889 g/mol. The number of aliphatic hydroxyl groups is 18. The molecule has 0 aliphatic carbocycles. The van der Waals surface area contributed by atoms with E-state index in [0.29, 0.717) is 0 Å². The molecule has 4 fully saturated rings. The van der Waals surface area contributed by atoms with Crippen molar-refractivity contribution >= 4 is 20.3 Å². The summed E-state index contributed by atoms with van der Waals surface area (Å²) in [7, 11) is -4.64. The number of carbonyl (C=O) groups excluding carboxylic acids is 1. The Morgan fingerprint density at radius 2 is 1.12 bits per heavy atom. The summed E-state index contributed by atoms with van der Waals surface area (Å²) in [5.41, 5.74) is 5.26. The first-order valence-electron chi connectivity index (χ1n) is 16.1. The molecule has 0 amide bonds. The van der Waals surface area contributed by atoms with Crippen molar-refractivity contribution in [2.45, 2.75) is 129 Å². The molecular weight excluding hydrogens is 837 g/mol. The molecule has 31 nitrogen and oxygen atoms in total. The summed E-state index contributed by atoms with van der Waals surface area (Å²) in [4.78, 5) is 42.1. The Morgan fingerprint density at radius 3 is 1.53 bits per heavy atom.